The van der Waals surface area contributed by atoms with Crippen molar-refractivity contribution in [1.29, 1.82) is 0 Å². The van der Waals surface area contributed by atoms with Crippen molar-refractivity contribution in [2.24, 2.45) is 0 Å². The van der Waals surface area contributed by atoms with Crippen molar-refractivity contribution < 1.29 is 19.1 Å². The molecule has 1 atom stereocenters. The van der Waals surface area contributed by atoms with Gasteiger partial charge in [-0.3, -0.25) is 4.79 Å². The number of hydrogen-bond donors (Lipinski definition) is 0. The van der Waals surface area contributed by atoms with Crippen molar-refractivity contribution in [3.8, 4) is 0 Å². The monoisotopic (exact) mass is 274 g/mol. The fourth-order valence-electron chi connectivity index (χ4n) is 1.59. The fraction of sp³-hybridized carbons (Fsp3) is 0.333. The van der Waals surface area contributed by atoms with Crippen LogP contribution in [-0.4, -0.2) is 36.1 Å². The van der Waals surface area contributed by atoms with E-state index in [4.69, 9.17) is 15.0 Å². The van der Waals surface area contributed by atoms with Gasteiger partial charge in [0.2, 0.25) is 5.78 Å². The van der Waals surface area contributed by atoms with Gasteiger partial charge in [-0.2, -0.15) is 4.79 Å². The minimum Gasteiger partial charge on any atom is -0.374 e. The summed E-state index contributed by atoms with van der Waals surface area (Å²) in [7, 11) is 0. The molecule has 1 rings (SSSR count). The Balaban J connectivity index is 2.41. The van der Waals surface area contributed by atoms with Crippen LogP contribution in [-0.2, 0) is 20.9 Å². The van der Waals surface area contributed by atoms with Gasteiger partial charge in [-0.05, 0) is 5.56 Å². The van der Waals surface area contributed by atoms with Crippen molar-refractivity contribution in [2.45, 2.75) is 19.1 Å². The third-order valence-corrected chi connectivity index (χ3v) is 2.50. The standard InChI is InChI=1S/C15H18N2O3/c1-2-8-20-15(9-14(18)10-17-16)12-19-11-13-6-4-3-5-7-13/h2-7,10,15H,1,8-9,11-12H2. The van der Waals surface area contributed by atoms with Crippen LogP contribution in [0.4, 0.5) is 0 Å². The molecule has 1 unspecified atom stereocenters. The van der Waals surface area contributed by atoms with Crippen molar-refractivity contribution in [3.63, 3.8) is 0 Å². The first-order valence-corrected chi connectivity index (χ1v) is 6.30. The van der Waals surface area contributed by atoms with Crippen molar-refractivity contribution in [1.82, 2.24) is 0 Å². The molecule has 0 amide bonds. The molecule has 0 fully saturated rings. The van der Waals surface area contributed by atoms with E-state index in [9.17, 15) is 4.79 Å². The third kappa shape index (κ3) is 6.75. The molecule has 0 spiro atoms. The second-order valence-electron chi connectivity index (χ2n) is 4.16. The molecule has 0 radical (unpaired) electrons. The van der Waals surface area contributed by atoms with E-state index in [1.54, 1.807) is 6.08 Å². The smallest absolute Gasteiger partial charge is 0.323 e. The van der Waals surface area contributed by atoms with Gasteiger partial charge < -0.3 is 15.0 Å². The topological polar surface area (TPSA) is 71.9 Å². The Morgan fingerprint density at radius 2 is 2.15 bits per heavy atom. The van der Waals surface area contributed by atoms with Gasteiger partial charge in [0.1, 0.15) is 0 Å². The summed E-state index contributed by atoms with van der Waals surface area (Å²) < 4.78 is 11.0. The number of ether oxygens (including phenoxy) is 2. The van der Waals surface area contributed by atoms with Gasteiger partial charge in [-0.1, -0.05) is 36.4 Å². The first-order valence-electron chi connectivity index (χ1n) is 6.30. The highest BCUT2D eigenvalue weighted by Gasteiger charge is 2.15. The second-order valence-corrected chi connectivity index (χ2v) is 4.16. The van der Waals surface area contributed by atoms with Gasteiger partial charge in [0, 0.05) is 6.42 Å². The molecular weight excluding hydrogens is 256 g/mol. The maximum absolute atomic E-state index is 11.4. The summed E-state index contributed by atoms with van der Waals surface area (Å²) in [6, 6.07) is 9.73. The summed E-state index contributed by atoms with van der Waals surface area (Å²) in [5.74, 6) is -0.315. The lowest BCUT2D eigenvalue weighted by Gasteiger charge is -2.15. The molecular formula is C15H18N2O3. The van der Waals surface area contributed by atoms with Gasteiger partial charge in [0.05, 0.1) is 25.9 Å². The summed E-state index contributed by atoms with van der Waals surface area (Å²) in [4.78, 5) is 14.1. The SMILES string of the molecule is C=CCOC(COCc1ccccc1)CC(=O)C=[N+]=[N-]. The zero-order chi connectivity index (χ0) is 14.6. The Morgan fingerprint density at radius 3 is 2.80 bits per heavy atom. The number of hydrogen-bond acceptors (Lipinski definition) is 3. The Bertz CT molecular complexity index is 467. The van der Waals surface area contributed by atoms with Gasteiger partial charge in [-0.15, -0.1) is 6.58 Å². The molecule has 0 bridgehead atoms. The number of nitrogens with zero attached hydrogens (tertiary/aromatic N) is 2. The van der Waals surface area contributed by atoms with E-state index < -0.39 is 0 Å². The number of carbonyl (C=O) groups excluding carboxylic acids is 1. The zero-order valence-corrected chi connectivity index (χ0v) is 11.3. The molecule has 0 aliphatic heterocycles. The van der Waals surface area contributed by atoms with Crippen LogP contribution < -0.4 is 0 Å². The molecule has 5 heteroatoms. The lowest BCUT2D eigenvalue weighted by molar-refractivity contribution is -0.120. The normalized spacial score (nSPS) is 11.4. The molecule has 0 saturated carbocycles. The molecule has 0 N–H and O–H groups in total. The Kier molecular flexibility index (Phi) is 7.84. The molecule has 0 aromatic heterocycles. The highest BCUT2D eigenvalue weighted by Crippen LogP contribution is 2.05. The molecule has 0 aliphatic rings. The first-order chi connectivity index (χ1) is 9.76. The minimum absolute atomic E-state index is 0.104. The largest absolute Gasteiger partial charge is 0.374 e. The Labute approximate surface area is 118 Å². The van der Waals surface area contributed by atoms with E-state index in [1.165, 1.54) is 0 Å². The second kappa shape index (κ2) is 9.81. The van der Waals surface area contributed by atoms with E-state index in [1.807, 2.05) is 30.3 Å². The van der Waals surface area contributed by atoms with E-state index in [-0.39, 0.29) is 24.9 Å². The van der Waals surface area contributed by atoms with Crippen LogP contribution in [0.1, 0.15) is 12.0 Å². The van der Waals surface area contributed by atoms with Crippen LogP contribution in [0.25, 0.3) is 5.53 Å². The van der Waals surface area contributed by atoms with Crippen molar-refractivity contribution >= 4 is 12.0 Å². The lowest BCUT2D eigenvalue weighted by atomic mass is 10.2. The predicted molar refractivity (Wildman–Crippen MR) is 75.3 cm³/mol. The highest BCUT2D eigenvalue weighted by atomic mass is 16.5. The van der Waals surface area contributed by atoms with Crippen molar-refractivity contribution in [3.05, 3.63) is 54.1 Å². The van der Waals surface area contributed by atoms with Crippen LogP contribution in [0.15, 0.2) is 43.0 Å². The quantitative estimate of drug-likeness (QED) is 0.283. The molecule has 1 aromatic carbocycles. The van der Waals surface area contributed by atoms with E-state index >= 15 is 0 Å². The first kappa shape index (κ1) is 16.0. The molecule has 106 valence electrons. The van der Waals surface area contributed by atoms with Gasteiger partial charge in [0.15, 0.2) is 0 Å². The summed E-state index contributed by atoms with van der Waals surface area (Å²) in [5, 5.41) is 0. The fourth-order valence-corrected chi connectivity index (χ4v) is 1.59. The predicted octanol–water partition coefficient (Wildman–Crippen LogP) is 2.03. The van der Waals surface area contributed by atoms with E-state index in [0.29, 0.717) is 13.2 Å². The molecule has 5 nitrogen and oxygen atoms in total. The van der Waals surface area contributed by atoms with Crippen LogP contribution in [0.5, 0.6) is 0 Å². The number of ketones is 1. The molecule has 20 heavy (non-hydrogen) atoms. The number of rotatable bonds is 10. The minimum atomic E-state index is -0.387. The average Bonchev–Trinajstić information content (AvgIpc) is 2.46. The average molecular weight is 274 g/mol. The highest BCUT2D eigenvalue weighted by molar-refractivity contribution is 6.25. The summed E-state index contributed by atoms with van der Waals surface area (Å²) in [5.41, 5.74) is 9.36. The maximum atomic E-state index is 11.4. The van der Waals surface area contributed by atoms with Crippen LogP contribution in [0.2, 0.25) is 0 Å². The van der Waals surface area contributed by atoms with Gasteiger partial charge >= 0.3 is 6.21 Å². The number of carbonyl (C=O) groups is 1. The van der Waals surface area contributed by atoms with E-state index in [2.05, 4.69) is 11.4 Å². The van der Waals surface area contributed by atoms with Crippen LogP contribution >= 0.6 is 0 Å². The Hall–Kier alpha value is -2.07. The summed E-state index contributed by atoms with van der Waals surface area (Å²) >= 11 is 0. The Morgan fingerprint density at radius 1 is 1.40 bits per heavy atom. The van der Waals surface area contributed by atoms with Crippen molar-refractivity contribution in [2.75, 3.05) is 13.2 Å². The summed E-state index contributed by atoms with van der Waals surface area (Å²) in [6.45, 7) is 4.64. The van der Waals surface area contributed by atoms with Gasteiger partial charge in [0.25, 0.3) is 0 Å². The third-order valence-electron chi connectivity index (χ3n) is 2.50. The molecule has 0 heterocycles. The van der Waals surface area contributed by atoms with E-state index in [0.717, 1.165) is 11.8 Å². The number of benzene rings is 1. The maximum Gasteiger partial charge on any atom is 0.323 e. The molecule has 0 aliphatic carbocycles. The molecule has 0 saturated heterocycles. The molecule has 1 aromatic rings. The number of Topliss-reactive ketones (excluding diaryl/α,β-unsaturated/α-hetero) is 1. The summed E-state index contributed by atoms with van der Waals surface area (Å²) in [6.07, 6.45) is 2.19. The van der Waals surface area contributed by atoms with Gasteiger partial charge in [-0.25, -0.2) is 0 Å². The zero-order valence-electron chi connectivity index (χ0n) is 11.3. The van der Waals surface area contributed by atoms with Crippen LogP contribution in [0.3, 0.4) is 0 Å². The van der Waals surface area contributed by atoms with Crippen LogP contribution in [0, 0.1) is 0 Å². The lowest BCUT2D eigenvalue weighted by Crippen LogP contribution is -2.24.